The first-order valence-electron chi connectivity index (χ1n) is 14.9. The van der Waals surface area contributed by atoms with Crippen molar-refractivity contribution in [2.45, 2.75) is 57.2 Å². The number of hydrogen-bond acceptors (Lipinski definition) is 7. The molecule has 4 aromatic rings. The molecule has 10 nitrogen and oxygen atoms in total. The minimum absolute atomic E-state index is 0.0486. The number of alkyl halides is 3. The lowest BCUT2D eigenvalue weighted by Crippen LogP contribution is -2.41. The predicted octanol–water partition coefficient (Wildman–Crippen LogP) is 5.71. The number of carbonyl (C=O) groups is 2. The SMILES string of the molecule is Nc1ncc(/C=C/CCCNCC(=O)NC2CCCCC2)c2n[nH]c(-c3ccc(C(=O)Nc4cc(C(F)(F)F)ccn4)cc3)c12. The number of halogens is 3. The molecule has 6 N–H and O–H groups in total. The minimum atomic E-state index is -4.55. The zero-order valence-corrected chi connectivity index (χ0v) is 24.6. The van der Waals surface area contributed by atoms with E-state index in [9.17, 15) is 22.8 Å². The van der Waals surface area contributed by atoms with Gasteiger partial charge in [0.05, 0.1) is 23.2 Å². The molecule has 0 atom stereocenters. The molecular formula is C32H35F3N8O2. The van der Waals surface area contributed by atoms with Gasteiger partial charge < -0.3 is 21.7 Å². The van der Waals surface area contributed by atoms with Crippen LogP contribution in [0, 0.1) is 0 Å². The summed E-state index contributed by atoms with van der Waals surface area (Å²) in [6.45, 7) is 1.03. The maximum absolute atomic E-state index is 13.0. The lowest BCUT2D eigenvalue weighted by Gasteiger charge is -2.22. The van der Waals surface area contributed by atoms with Gasteiger partial charge in [-0.1, -0.05) is 43.5 Å². The van der Waals surface area contributed by atoms with Crippen LogP contribution in [0.3, 0.4) is 0 Å². The lowest BCUT2D eigenvalue weighted by atomic mass is 9.95. The van der Waals surface area contributed by atoms with Gasteiger partial charge in [0.15, 0.2) is 0 Å². The second-order valence-corrected chi connectivity index (χ2v) is 11.0. The third-order valence-electron chi connectivity index (χ3n) is 7.68. The molecule has 3 aromatic heterocycles. The number of pyridine rings is 2. The summed E-state index contributed by atoms with van der Waals surface area (Å²) in [4.78, 5) is 32.9. The second-order valence-electron chi connectivity index (χ2n) is 11.0. The molecule has 1 aromatic carbocycles. The smallest absolute Gasteiger partial charge is 0.383 e. The molecule has 1 fully saturated rings. The van der Waals surface area contributed by atoms with Crippen LogP contribution < -0.4 is 21.7 Å². The molecule has 0 radical (unpaired) electrons. The van der Waals surface area contributed by atoms with Crippen LogP contribution in [-0.4, -0.2) is 51.1 Å². The normalized spacial score (nSPS) is 14.2. The Kier molecular flexibility index (Phi) is 10.1. The molecule has 0 unspecified atom stereocenters. The Bertz CT molecular complexity index is 1660. The van der Waals surface area contributed by atoms with Gasteiger partial charge in [0.2, 0.25) is 5.91 Å². The number of benzene rings is 1. The number of fused-ring (bicyclic) bond motifs is 1. The van der Waals surface area contributed by atoms with Crippen LogP contribution in [0.5, 0.6) is 0 Å². The molecule has 0 spiro atoms. The van der Waals surface area contributed by atoms with Crippen molar-refractivity contribution in [3.05, 3.63) is 71.6 Å². The van der Waals surface area contributed by atoms with Gasteiger partial charge >= 0.3 is 6.18 Å². The number of amides is 2. The number of aromatic nitrogens is 4. The molecule has 0 bridgehead atoms. The number of hydrogen-bond donors (Lipinski definition) is 5. The number of nitrogens with one attached hydrogen (secondary N) is 4. The monoisotopic (exact) mass is 620 g/mol. The van der Waals surface area contributed by atoms with Gasteiger partial charge in [-0.15, -0.1) is 0 Å². The van der Waals surface area contributed by atoms with E-state index in [0.29, 0.717) is 40.6 Å². The number of aromatic amines is 1. The molecule has 1 aliphatic carbocycles. The number of nitrogens with two attached hydrogens (primary N) is 1. The Morgan fingerprint density at radius 3 is 2.60 bits per heavy atom. The topological polar surface area (TPSA) is 151 Å². The predicted molar refractivity (Wildman–Crippen MR) is 167 cm³/mol. The van der Waals surface area contributed by atoms with E-state index in [1.165, 1.54) is 19.3 Å². The Morgan fingerprint density at radius 1 is 1.07 bits per heavy atom. The van der Waals surface area contributed by atoms with Crippen molar-refractivity contribution in [2.75, 3.05) is 24.1 Å². The number of anilines is 2. The summed E-state index contributed by atoms with van der Waals surface area (Å²) in [7, 11) is 0. The van der Waals surface area contributed by atoms with Crippen molar-refractivity contribution < 1.29 is 22.8 Å². The van der Waals surface area contributed by atoms with Crippen molar-refractivity contribution in [1.29, 1.82) is 0 Å². The van der Waals surface area contributed by atoms with E-state index in [2.05, 4.69) is 36.1 Å². The zero-order valence-electron chi connectivity index (χ0n) is 24.6. The Hall–Kier alpha value is -4.78. The lowest BCUT2D eigenvalue weighted by molar-refractivity contribution is -0.137. The van der Waals surface area contributed by atoms with Gasteiger partial charge in [0, 0.05) is 35.1 Å². The molecule has 5 rings (SSSR count). The summed E-state index contributed by atoms with van der Waals surface area (Å²) in [5.74, 6) is -0.465. The first-order chi connectivity index (χ1) is 21.7. The van der Waals surface area contributed by atoms with E-state index in [-0.39, 0.29) is 17.3 Å². The summed E-state index contributed by atoms with van der Waals surface area (Å²) in [5, 5.41) is 16.8. The van der Waals surface area contributed by atoms with E-state index >= 15 is 0 Å². The van der Waals surface area contributed by atoms with Crippen molar-refractivity contribution >= 4 is 40.4 Å². The number of unbranched alkanes of at least 4 members (excludes halogenated alkanes) is 1. The minimum Gasteiger partial charge on any atom is -0.383 e. The van der Waals surface area contributed by atoms with E-state index in [4.69, 9.17) is 5.73 Å². The molecule has 236 valence electrons. The maximum atomic E-state index is 13.0. The Balaban J connectivity index is 1.16. The molecular weight excluding hydrogens is 585 g/mol. The van der Waals surface area contributed by atoms with Crippen LogP contribution in [0.2, 0.25) is 0 Å². The standard InChI is InChI=1S/C32H35F3N8O2/c33-32(34,35)23-14-16-38-25(17-23)41-31(45)21-12-10-20(11-13-21)28-27-29(43-42-28)22(18-39-30(27)36)7-3-2-6-15-37-19-26(44)40-24-8-4-1-5-9-24/h3,7,10-14,16-18,24,37H,1-2,4-6,8-9,15,19H2,(H2,36,39)(H,40,44)(H,42,43)(H,38,41,45)/b7-3+. The van der Waals surface area contributed by atoms with Crippen molar-refractivity contribution in [3.8, 4) is 11.3 Å². The average molecular weight is 621 g/mol. The van der Waals surface area contributed by atoms with E-state index in [1.807, 2.05) is 12.2 Å². The van der Waals surface area contributed by atoms with Gasteiger partial charge in [-0.3, -0.25) is 14.7 Å². The van der Waals surface area contributed by atoms with E-state index in [1.54, 1.807) is 30.5 Å². The van der Waals surface area contributed by atoms with Crippen molar-refractivity contribution in [2.24, 2.45) is 0 Å². The molecule has 2 amide bonds. The highest BCUT2D eigenvalue weighted by Gasteiger charge is 2.31. The molecule has 3 heterocycles. The quantitative estimate of drug-likeness (QED) is 0.135. The van der Waals surface area contributed by atoms with Gasteiger partial charge in [-0.2, -0.15) is 18.3 Å². The molecule has 1 saturated carbocycles. The summed E-state index contributed by atoms with van der Waals surface area (Å²) in [6, 6.07) is 8.39. The first-order valence-corrected chi connectivity index (χ1v) is 14.9. The highest BCUT2D eigenvalue weighted by molar-refractivity contribution is 6.05. The van der Waals surface area contributed by atoms with Gasteiger partial charge in [-0.25, -0.2) is 9.97 Å². The van der Waals surface area contributed by atoms with Gasteiger partial charge in [-0.05, 0) is 56.5 Å². The van der Waals surface area contributed by atoms with E-state index in [0.717, 1.165) is 56.1 Å². The highest BCUT2D eigenvalue weighted by atomic mass is 19.4. The zero-order chi connectivity index (χ0) is 31.8. The van der Waals surface area contributed by atoms with Gasteiger partial charge in [0.25, 0.3) is 5.91 Å². The number of nitrogens with zero attached hydrogens (tertiary/aromatic N) is 3. The van der Waals surface area contributed by atoms with Crippen LogP contribution in [0.1, 0.15) is 66.4 Å². The summed E-state index contributed by atoms with van der Waals surface area (Å²) in [5.41, 5.74) is 8.29. The fraction of sp³-hybridized carbons (Fsp3) is 0.344. The van der Waals surface area contributed by atoms with E-state index < -0.39 is 17.6 Å². The van der Waals surface area contributed by atoms with Crippen LogP contribution >= 0.6 is 0 Å². The van der Waals surface area contributed by atoms with Crippen molar-refractivity contribution in [3.63, 3.8) is 0 Å². The number of carbonyl (C=O) groups excluding carboxylic acids is 2. The number of nitrogen functional groups attached to an aromatic ring is 1. The number of H-pyrrole nitrogens is 1. The van der Waals surface area contributed by atoms with Crippen LogP contribution in [-0.2, 0) is 11.0 Å². The molecule has 45 heavy (non-hydrogen) atoms. The fourth-order valence-electron chi connectivity index (χ4n) is 5.33. The Morgan fingerprint density at radius 2 is 1.84 bits per heavy atom. The van der Waals surface area contributed by atoms with Crippen molar-refractivity contribution in [1.82, 2.24) is 30.8 Å². The van der Waals surface area contributed by atoms with Gasteiger partial charge in [0.1, 0.15) is 17.2 Å². The Labute approximate surface area is 258 Å². The molecule has 0 aliphatic heterocycles. The van der Waals surface area contributed by atoms with Crippen LogP contribution in [0.15, 0.2) is 54.9 Å². The highest BCUT2D eigenvalue weighted by Crippen LogP contribution is 2.32. The third-order valence-corrected chi connectivity index (χ3v) is 7.68. The summed E-state index contributed by atoms with van der Waals surface area (Å²) in [6.07, 6.45) is 9.47. The maximum Gasteiger partial charge on any atom is 0.416 e. The average Bonchev–Trinajstić information content (AvgIpc) is 3.48. The molecule has 13 heteroatoms. The first kappa shape index (κ1) is 31.6. The summed E-state index contributed by atoms with van der Waals surface area (Å²) < 4.78 is 39.0. The number of allylic oxidation sites excluding steroid dienone is 1. The molecule has 1 aliphatic rings. The van der Waals surface area contributed by atoms with Crippen LogP contribution in [0.25, 0.3) is 28.2 Å². The number of rotatable bonds is 11. The summed E-state index contributed by atoms with van der Waals surface area (Å²) >= 11 is 0. The second kappa shape index (κ2) is 14.3. The largest absolute Gasteiger partial charge is 0.416 e. The fourth-order valence-corrected chi connectivity index (χ4v) is 5.33. The third kappa shape index (κ3) is 8.24. The van der Waals surface area contributed by atoms with Crippen LogP contribution in [0.4, 0.5) is 24.8 Å². The molecule has 0 saturated heterocycles.